The molecule has 0 aliphatic heterocycles. The fourth-order valence-corrected chi connectivity index (χ4v) is 4.23. The summed E-state index contributed by atoms with van der Waals surface area (Å²) in [6, 6.07) is 33.0. The Labute approximate surface area is 284 Å². The summed E-state index contributed by atoms with van der Waals surface area (Å²) in [7, 11) is 0. The van der Waals surface area contributed by atoms with Crippen molar-refractivity contribution in [2.45, 2.75) is 19.1 Å². The number of carbonyl (C=O) groups is 4. The van der Waals surface area contributed by atoms with Gasteiger partial charge in [-0.05, 0) is 41.3 Å². The van der Waals surface area contributed by atoms with Gasteiger partial charge in [-0.1, -0.05) is 110 Å². The third-order valence-electron chi connectivity index (χ3n) is 6.68. The van der Waals surface area contributed by atoms with E-state index in [1.165, 1.54) is 6.92 Å². The van der Waals surface area contributed by atoms with Crippen molar-refractivity contribution in [3.05, 3.63) is 145 Å². The minimum absolute atomic E-state index is 0.236. The van der Waals surface area contributed by atoms with Gasteiger partial charge in [0.05, 0.1) is 17.7 Å². The van der Waals surface area contributed by atoms with Crippen molar-refractivity contribution in [2.75, 3.05) is 26.4 Å². The quantitative estimate of drug-likeness (QED) is 0.0992. The molecule has 0 saturated heterocycles. The van der Waals surface area contributed by atoms with E-state index in [9.17, 15) is 29.4 Å². The maximum atomic E-state index is 12.4. The minimum Gasteiger partial charge on any atom is -0.459 e. The monoisotopic (exact) mass is 666 g/mol. The van der Waals surface area contributed by atoms with Crippen LogP contribution in [0.1, 0.15) is 27.6 Å². The van der Waals surface area contributed by atoms with Gasteiger partial charge in [0.15, 0.2) is 6.10 Å². The third-order valence-corrected chi connectivity index (χ3v) is 6.68. The van der Waals surface area contributed by atoms with E-state index in [1.54, 1.807) is 24.3 Å². The molecule has 0 aromatic heterocycles. The molecule has 0 saturated carbocycles. The van der Waals surface area contributed by atoms with Crippen LogP contribution in [0.5, 0.6) is 0 Å². The second kappa shape index (κ2) is 19.7. The fourth-order valence-electron chi connectivity index (χ4n) is 4.23. The summed E-state index contributed by atoms with van der Waals surface area (Å²) < 4.78 is 20.0. The molecule has 4 aromatic rings. The highest BCUT2D eigenvalue weighted by Crippen LogP contribution is 2.25. The van der Waals surface area contributed by atoms with E-state index in [2.05, 4.69) is 13.2 Å². The molecule has 2 atom stereocenters. The van der Waals surface area contributed by atoms with Crippen molar-refractivity contribution in [1.82, 2.24) is 0 Å². The lowest BCUT2D eigenvalue weighted by atomic mass is 10.00. The molecule has 2 N–H and O–H groups in total. The van der Waals surface area contributed by atoms with Crippen LogP contribution in [0.2, 0.25) is 0 Å². The predicted octanol–water partition coefficient (Wildman–Crippen LogP) is 5.59. The van der Waals surface area contributed by atoms with E-state index in [0.717, 1.165) is 28.3 Å². The molecule has 10 nitrogen and oxygen atoms in total. The summed E-state index contributed by atoms with van der Waals surface area (Å²) in [5.74, 6) is -2.39. The van der Waals surface area contributed by atoms with Gasteiger partial charge in [-0.3, -0.25) is 0 Å². The number of rotatable bonds is 14. The Bertz CT molecular complexity index is 1720. The topological polar surface area (TPSA) is 146 Å². The van der Waals surface area contributed by atoms with Crippen LogP contribution in [0.15, 0.2) is 134 Å². The zero-order valence-corrected chi connectivity index (χ0v) is 27.0. The van der Waals surface area contributed by atoms with Crippen molar-refractivity contribution in [1.29, 1.82) is 0 Å². The van der Waals surface area contributed by atoms with Gasteiger partial charge < -0.3 is 29.2 Å². The molecule has 49 heavy (non-hydrogen) atoms. The molecule has 10 heteroatoms. The molecular weight excluding hydrogens is 628 g/mol. The number of hydrogen-bond acceptors (Lipinski definition) is 10. The maximum Gasteiger partial charge on any atom is 0.339 e. The largest absolute Gasteiger partial charge is 0.459 e. The number of aliphatic hydroxyl groups excluding tert-OH is 2. The molecule has 4 aromatic carbocycles. The number of esters is 4. The highest BCUT2D eigenvalue weighted by atomic mass is 16.6. The minimum atomic E-state index is -1.10. The van der Waals surface area contributed by atoms with Crippen LogP contribution in [0, 0.1) is 0 Å². The first-order chi connectivity index (χ1) is 23.6. The molecule has 0 aliphatic carbocycles. The zero-order chi connectivity index (χ0) is 35.6. The van der Waals surface area contributed by atoms with Crippen molar-refractivity contribution in [2.24, 2.45) is 0 Å². The summed E-state index contributed by atoms with van der Waals surface area (Å²) >= 11 is 0. The lowest BCUT2D eigenvalue weighted by Crippen LogP contribution is -2.28. The van der Waals surface area contributed by atoms with Gasteiger partial charge in [-0.2, -0.15) is 0 Å². The summed E-state index contributed by atoms with van der Waals surface area (Å²) in [6.07, 6.45) is -1.04. The summed E-state index contributed by atoms with van der Waals surface area (Å²) in [4.78, 5) is 47.1. The second-order valence-corrected chi connectivity index (χ2v) is 10.5. The molecule has 254 valence electrons. The summed E-state index contributed by atoms with van der Waals surface area (Å²) in [5, 5.41) is 19.1. The Morgan fingerprint density at radius 1 is 0.673 bits per heavy atom. The molecule has 0 radical (unpaired) electrons. The number of ether oxygens (including phenoxy) is 4. The van der Waals surface area contributed by atoms with Crippen molar-refractivity contribution in [3.63, 3.8) is 0 Å². The van der Waals surface area contributed by atoms with Crippen LogP contribution in [0.3, 0.4) is 0 Å². The zero-order valence-electron chi connectivity index (χ0n) is 27.0. The van der Waals surface area contributed by atoms with Gasteiger partial charge in [0.2, 0.25) is 0 Å². The van der Waals surface area contributed by atoms with E-state index < -0.39 is 42.7 Å². The molecule has 2 unspecified atom stereocenters. The Balaban J connectivity index is 0.000000266. The first-order valence-electron chi connectivity index (χ1n) is 15.2. The Morgan fingerprint density at radius 3 is 1.63 bits per heavy atom. The SMILES string of the molecule is C=C(C)C(=O)OCC(O)COC(=O)c1ccccc1-c1ccccc1.C=CC(=O)OCC(CO)OC(=O)c1ccccc1-c1ccccc1. The molecule has 0 fully saturated rings. The van der Waals surface area contributed by atoms with Crippen LogP contribution < -0.4 is 0 Å². The van der Waals surface area contributed by atoms with Gasteiger partial charge >= 0.3 is 23.9 Å². The molecular formula is C39H38O10. The smallest absolute Gasteiger partial charge is 0.339 e. The number of benzene rings is 4. The van der Waals surface area contributed by atoms with Crippen LogP contribution in [0.25, 0.3) is 22.3 Å². The molecule has 0 spiro atoms. The molecule has 4 rings (SSSR count). The van der Waals surface area contributed by atoms with Gasteiger partial charge in [0.25, 0.3) is 0 Å². The number of carbonyl (C=O) groups excluding carboxylic acids is 4. The van der Waals surface area contributed by atoms with Crippen molar-refractivity contribution in [3.8, 4) is 22.3 Å². The Kier molecular flexibility index (Phi) is 15.2. The molecule has 0 heterocycles. The normalized spacial score (nSPS) is 11.4. The molecule has 0 bridgehead atoms. The lowest BCUT2D eigenvalue weighted by Gasteiger charge is -2.16. The van der Waals surface area contributed by atoms with E-state index >= 15 is 0 Å². The van der Waals surface area contributed by atoms with Crippen LogP contribution >= 0.6 is 0 Å². The van der Waals surface area contributed by atoms with Crippen molar-refractivity contribution < 1.29 is 48.3 Å². The van der Waals surface area contributed by atoms with Gasteiger partial charge in [-0.15, -0.1) is 0 Å². The highest BCUT2D eigenvalue weighted by Gasteiger charge is 2.20. The lowest BCUT2D eigenvalue weighted by molar-refractivity contribution is -0.143. The summed E-state index contributed by atoms with van der Waals surface area (Å²) in [5.41, 5.74) is 4.26. The number of hydrogen-bond donors (Lipinski definition) is 2. The third kappa shape index (κ3) is 12.0. The first-order valence-corrected chi connectivity index (χ1v) is 15.2. The molecule has 0 aliphatic rings. The second-order valence-electron chi connectivity index (χ2n) is 10.5. The Hall–Kier alpha value is -5.84. The summed E-state index contributed by atoms with van der Waals surface area (Å²) in [6.45, 7) is 7.00. The van der Waals surface area contributed by atoms with Crippen LogP contribution in [0.4, 0.5) is 0 Å². The number of aliphatic hydroxyl groups is 2. The fraction of sp³-hybridized carbons (Fsp3) is 0.179. The standard InChI is InChI=1S/C20H20O5.C19H18O5/c1-14(2)19(22)24-12-16(21)13-25-20(23)18-11-7-6-10-17(18)15-8-4-3-5-9-15;1-2-18(21)23-13-15(12-20)24-19(22)17-11-7-6-10-16(17)14-8-4-3-5-9-14/h3-11,16,21H,1,12-13H2,2H3;2-11,15,20H,1,12-13H2. The van der Waals surface area contributed by atoms with Gasteiger partial charge in [0.1, 0.15) is 25.9 Å². The first kappa shape index (κ1) is 37.6. The van der Waals surface area contributed by atoms with Crippen LogP contribution in [-0.2, 0) is 28.5 Å². The van der Waals surface area contributed by atoms with E-state index in [0.29, 0.717) is 11.1 Å². The maximum absolute atomic E-state index is 12.4. The highest BCUT2D eigenvalue weighted by molar-refractivity contribution is 5.98. The van der Waals surface area contributed by atoms with Crippen molar-refractivity contribution >= 4 is 23.9 Å². The molecule has 0 amide bonds. The Morgan fingerprint density at radius 2 is 1.14 bits per heavy atom. The average molecular weight is 667 g/mol. The van der Waals surface area contributed by atoms with E-state index in [1.807, 2.05) is 84.9 Å². The van der Waals surface area contributed by atoms with Gasteiger partial charge in [-0.25, -0.2) is 19.2 Å². The van der Waals surface area contributed by atoms with Gasteiger partial charge in [0, 0.05) is 11.6 Å². The average Bonchev–Trinajstić information content (AvgIpc) is 3.15. The van der Waals surface area contributed by atoms with Crippen LogP contribution in [-0.4, -0.2) is 72.7 Å². The van der Waals surface area contributed by atoms with E-state index in [-0.39, 0.29) is 25.4 Å². The van der Waals surface area contributed by atoms with E-state index in [4.69, 9.17) is 18.9 Å². The predicted molar refractivity (Wildman–Crippen MR) is 183 cm³/mol.